The number of hydrogen-bond acceptors (Lipinski definition) is 4. The van der Waals surface area contributed by atoms with Crippen molar-refractivity contribution >= 4 is 11.8 Å². The van der Waals surface area contributed by atoms with Crippen molar-refractivity contribution in [2.45, 2.75) is 25.9 Å². The fraction of sp³-hybridized carbons (Fsp3) is 0.529. The molecule has 0 aliphatic carbocycles. The van der Waals surface area contributed by atoms with Gasteiger partial charge in [-0.05, 0) is 19.9 Å². The molecule has 1 aliphatic heterocycles. The number of nitrogens with one attached hydrogen (secondary N) is 1. The minimum atomic E-state index is -1.00. The van der Waals surface area contributed by atoms with Gasteiger partial charge in [0.2, 0.25) is 5.91 Å². The van der Waals surface area contributed by atoms with E-state index in [9.17, 15) is 9.59 Å². The summed E-state index contributed by atoms with van der Waals surface area (Å²) in [6.45, 7) is 4.77. The van der Waals surface area contributed by atoms with Gasteiger partial charge in [-0.1, -0.05) is 17.7 Å². The summed E-state index contributed by atoms with van der Waals surface area (Å²) >= 11 is 0. The number of hydrogen-bond donors (Lipinski definition) is 1. The van der Waals surface area contributed by atoms with E-state index >= 15 is 0 Å². The van der Waals surface area contributed by atoms with Crippen molar-refractivity contribution < 1.29 is 19.1 Å². The van der Waals surface area contributed by atoms with E-state index < -0.39 is 5.60 Å². The maximum atomic E-state index is 12.6. The number of nitrogens with zero attached hydrogens (tertiary/aromatic N) is 1. The second kappa shape index (κ2) is 7.00. The third kappa shape index (κ3) is 3.82. The van der Waals surface area contributed by atoms with E-state index in [-0.39, 0.29) is 24.8 Å². The van der Waals surface area contributed by atoms with Crippen LogP contribution in [0.15, 0.2) is 18.2 Å². The zero-order chi connectivity index (χ0) is 17.0. The summed E-state index contributed by atoms with van der Waals surface area (Å²) in [6, 6.07) is 5.77. The third-order valence-corrected chi connectivity index (χ3v) is 4.11. The molecule has 1 fully saturated rings. The van der Waals surface area contributed by atoms with Crippen molar-refractivity contribution in [3.63, 3.8) is 0 Å². The highest BCUT2D eigenvalue weighted by atomic mass is 16.5. The molecule has 1 N–H and O–H groups in total. The van der Waals surface area contributed by atoms with Crippen molar-refractivity contribution in [1.82, 2.24) is 10.2 Å². The van der Waals surface area contributed by atoms with Gasteiger partial charge in [0, 0.05) is 19.2 Å². The lowest BCUT2D eigenvalue weighted by molar-refractivity contribution is -0.162. The average Bonchev–Trinajstić information content (AvgIpc) is 2.54. The lowest BCUT2D eigenvalue weighted by atomic mass is 10.0. The van der Waals surface area contributed by atoms with Crippen LogP contribution in [0.25, 0.3) is 0 Å². The number of carbonyl (C=O) groups excluding carboxylic acids is 2. The highest BCUT2D eigenvalue weighted by molar-refractivity contribution is 5.86. The summed E-state index contributed by atoms with van der Waals surface area (Å²) in [5, 5.41) is 2.59. The van der Waals surface area contributed by atoms with Crippen LogP contribution < -0.4 is 10.1 Å². The van der Waals surface area contributed by atoms with Crippen LogP contribution in [0.2, 0.25) is 0 Å². The van der Waals surface area contributed by atoms with Crippen LogP contribution >= 0.6 is 0 Å². The second-order valence-electron chi connectivity index (χ2n) is 5.97. The van der Waals surface area contributed by atoms with E-state index in [0.717, 1.165) is 11.1 Å². The topological polar surface area (TPSA) is 67.9 Å². The molecule has 2 rings (SSSR count). The molecular weight excluding hydrogens is 296 g/mol. The highest BCUT2D eigenvalue weighted by Crippen LogP contribution is 2.23. The summed E-state index contributed by atoms with van der Waals surface area (Å²) < 4.78 is 10.9. The lowest BCUT2D eigenvalue weighted by Gasteiger charge is -2.39. The molecule has 1 aliphatic rings. The average molecular weight is 320 g/mol. The molecule has 0 radical (unpaired) electrons. The van der Waals surface area contributed by atoms with Crippen LogP contribution in [0, 0.1) is 6.92 Å². The van der Waals surface area contributed by atoms with Crippen LogP contribution in [-0.4, -0.2) is 56.2 Å². The van der Waals surface area contributed by atoms with Crippen molar-refractivity contribution in [2.75, 3.05) is 33.9 Å². The number of methoxy groups -OCH3 is 1. The number of likely N-dealkylation sites (N-methyl/N-ethyl adjacent to an activating group) is 1. The van der Waals surface area contributed by atoms with Gasteiger partial charge in [-0.2, -0.15) is 0 Å². The monoisotopic (exact) mass is 320 g/mol. The number of ether oxygens (including phenoxy) is 2. The molecular formula is C17H24N2O4. The Kier molecular flexibility index (Phi) is 5.26. The maximum Gasteiger partial charge on any atom is 0.253 e. The first-order chi connectivity index (χ1) is 10.9. The van der Waals surface area contributed by atoms with Crippen molar-refractivity contribution in [2.24, 2.45) is 0 Å². The number of morpholine rings is 1. The third-order valence-electron chi connectivity index (χ3n) is 4.11. The molecule has 23 heavy (non-hydrogen) atoms. The zero-order valence-corrected chi connectivity index (χ0v) is 14.1. The van der Waals surface area contributed by atoms with Gasteiger partial charge < -0.3 is 19.7 Å². The Balaban J connectivity index is 2.12. The SMILES string of the molecule is CNC(=O)[C@@]1(C)CN(C(=O)Cc2cc(C)ccc2OC)CCO1. The van der Waals surface area contributed by atoms with Crippen molar-refractivity contribution in [3.8, 4) is 5.75 Å². The summed E-state index contributed by atoms with van der Waals surface area (Å²) in [7, 11) is 3.16. The van der Waals surface area contributed by atoms with Crippen LogP contribution in [0.4, 0.5) is 0 Å². The number of amides is 2. The molecule has 126 valence electrons. The van der Waals surface area contributed by atoms with Crippen LogP contribution in [-0.2, 0) is 20.7 Å². The molecule has 0 saturated carbocycles. The first-order valence-corrected chi connectivity index (χ1v) is 7.67. The molecule has 0 aromatic heterocycles. The Labute approximate surface area is 136 Å². The number of benzene rings is 1. The lowest BCUT2D eigenvalue weighted by Crippen LogP contribution is -2.59. The second-order valence-corrected chi connectivity index (χ2v) is 5.97. The van der Waals surface area contributed by atoms with E-state index in [4.69, 9.17) is 9.47 Å². The quantitative estimate of drug-likeness (QED) is 0.895. The van der Waals surface area contributed by atoms with Crippen LogP contribution in [0.1, 0.15) is 18.1 Å². The molecule has 1 aromatic carbocycles. The van der Waals surface area contributed by atoms with E-state index in [1.54, 1.807) is 26.0 Å². The predicted molar refractivity (Wildman–Crippen MR) is 86.4 cm³/mol. The molecule has 2 amide bonds. The Bertz CT molecular complexity index is 602. The largest absolute Gasteiger partial charge is 0.496 e. The van der Waals surface area contributed by atoms with Gasteiger partial charge in [-0.3, -0.25) is 9.59 Å². The maximum absolute atomic E-state index is 12.6. The predicted octanol–water partition coefficient (Wildman–Crippen LogP) is 0.910. The van der Waals surface area contributed by atoms with Gasteiger partial charge in [-0.15, -0.1) is 0 Å². The zero-order valence-electron chi connectivity index (χ0n) is 14.1. The fourth-order valence-corrected chi connectivity index (χ4v) is 2.80. The van der Waals surface area contributed by atoms with Gasteiger partial charge in [0.1, 0.15) is 5.75 Å². The summed E-state index contributed by atoms with van der Waals surface area (Å²) in [5.74, 6) is 0.446. The van der Waals surface area contributed by atoms with E-state index in [1.807, 2.05) is 25.1 Å². The summed E-state index contributed by atoms with van der Waals surface area (Å²) in [5.41, 5.74) is 0.927. The number of rotatable bonds is 4. The smallest absolute Gasteiger partial charge is 0.253 e. The van der Waals surface area contributed by atoms with Gasteiger partial charge in [0.15, 0.2) is 5.60 Å². The first-order valence-electron chi connectivity index (χ1n) is 7.67. The molecule has 1 saturated heterocycles. The van der Waals surface area contributed by atoms with Gasteiger partial charge in [0.25, 0.3) is 5.91 Å². The molecule has 0 bridgehead atoms. The Morgan fingerprint density at radius 3 is 2.83 bits per heavy atom. The Hall–Kier alpha value is -2.08. The summed E-state index contributed by atoms with van der Waals surface area (Å²) in [4.78, 5) is 26.3. The highest BCUT2D eigenvalue weighted by Gasteiger charge is 2.40. The van der Waals surface area contributed by atoms with E-state index in [1.165, 1.54) is 0 Å². The van der Waals surface area contributed by atoms with Crippen LogP contribution in [0.3, 0.4) is 0 Å². The van der Waals surface area contributed by atoms with Crippen molar-refractivity contribution in [3.05, 3.63) is 29.3 Å². The van der Waals surface area contributed by atoms with Gasteiger partial charge in [0.05, 0.1) is 26.7 Å². The minimum absolute atomic E-state index is 0.0349. The Morgan fingerprint density at radius 1 is 1.43 bits per heavy atom. The van der Waals surface area contributed by atoms with E-state index in [2.05, 4.69) is 5.32 Å². The van der Waals surface area contributed by atoms with Crippen molar-refractivity contribution in [1.29, 1.82) is 0 Å². The summed E-state index contributed by atoms with van der Waals surface area (Å²) in [6.07, 6.45) is 0.245. The van der Waals surface area contributed by atoms with Gasteiger partial charge >= 0.3 is 0 Å². The number of carbonyl (C=O) groups is 2. The molecule has 0 unspecified atom stereocenters. The molecule has 6 heteroatoms. The molecule has 0 spiro atoms. The van der Waals surface area contributed by atoms with E-state index in [0.29, 0.717) is 18.9 Å². The number of aryl methyl sites for hydroxylation is 1. The normalized spacial score (nSPS) is 21.0. The standard InChI is InChI=1S/C17H24N2O4/c1-12-5-6-14(22-4)13(9-12)10-15(20)19-7-8-23-17(2,11-19)16(21)18-3/h5-6,9H,7-8,10-11H2,1-4H3,(H,18,21)/t17-/m1/s1. The first kappa shape index (κ1) is 17.3. The molecule has 1 atom stereocenters. The molecule has 1 aromatic rings. The molecule has 1 heterocycles. The molecule has 6 nitrogen and oxygen atoms in total. The fourth-order valence-electron chi connectivity index (χ4n) is 2.80. The Morgan fingerprint density at radius 2 is 2.17 bits per heavy atom. The van der Waals surface area contributed by atoms with Gasteiger partial charge in [-0.25, -0.2) is 0 Å². The van der Waals surface area contributed by atoms with Crippen LogP contribution in [0.5, 0.6) is 5.75 Å². The minimum Gasteiger partial charge on any atom is -0.496 e.